The number of likely N-dealkylation sites (tertiary alicyclic amines) is 1. The van der Waals surface area contributed by atoms with Crippen molar-refractivity contribution in [2.24, 2.45) is 0 Å². The highest BCUT2D eigenvalue weighted by atomic mass is 16.1. The number of nitrogens with zero attached hydrogens (tertiary/aromatic N) is 1. The lowest BCUT2D eigenvalue weighted by atomic mass is 9.86. The first-order valence-corrected chi connectivity index (χ1v) is 10.4. The molecule has 0 saturated carbocycles. The first-order valence-electron chi connectivity index (χ1n) is 10.4. The molecule has 0 unspecified atom stereocenters. The van der Waals surface area contributed by atoms with E-state index in [9.17, 15) is 9.59 Å². The third-order valence-electron chi connectivity index (χ3n) is 5.81. The number of pyridine rings is 1. The van der Waals surface area contributed by atoms with Crippen LogP contribution in [0.3, 0.4) is 0 Å². The number of hydrogen-bond donors (Lipinski definition) is 1. The molecule has 1 N–H and O–H groups in total. The molecular weight excluding hydrogens is 348 g/mol. The molecule has 4 nitrogen and oxygen atoms in total. The molecule has 0 bridgehead atoms. The van der Waals surface area contributed by atoms with E-state index in [1.165, 1.54) is 5.56 Å². The number of aromatic nitrogens is 1. The Morgan fingerprint density at radius 3 is 2.39 bits per heavy atom. The number of hydrogen-bond acceptors (Lipinski definition) is 3. The van der Waals surface area contributed by atoms with Gasteiger partial charge in [0.25, 0.3) is 0 Å². The van der Waals surface area contributed by atoms with Crippen molar-refractivity contribution in [3.8, 4) is 0 Å². The van der Waals surface area contributed by atoms with Crippen LogP contribution in [0.1, 0.15) is 73.9 Å². The fraction of sp³-hybridized carbons (Fsp3) is 0.500. The summed E-state index contributed by atoms with van der Waals surface area (Å²) in [6, 6.07) is 11.8. The van der Waals surface area contributed by atoms with Crippen LogP contribution in [0, 0.1) is 0 Å². The second kappa shape index (κ2) is 8.87. The van der Waals surface area contributed by atoms with Crippen molar-refractivity contribution in [2.45, 2.75) is 57.8 Å². The van der Waals surface area contributed by atoms with Gasteiger partial charge < -0.3 is 9.88 Å². The average molecular weight is 381 g/mol. The monoisotopic (exact) mass is 380 g/mol. The van der Waals surface area contributed by atoms with Crippen molar-refractivity contribution < 1.29 is 4.79 Å². The molecule has 4 heteroatoms. The number of piperidine rings is 1. The molecule has 1 fully saturated rings. The molecule has 0 atom stereocenters. The van der Waals surface area contributed by atoms with Crippen molar-refractivity contribution in [2.75, 3.05) is 19.6 Å². The van der Waals surface area contributed by atoms with Gasteiger partial charge in [-0.25, -0.2) is 0 Å². The van der Waals surface area contributed by atoms with E-state index in [1.54, 1.807) is 12.3 Å². The normalized spacial score (nSPS) is 16.2. The molecule has 0 spiro atoms. The minimum atomic E-state index is -0.0195. The van der Waals surface area contributed by atoms with Crippen LogP contribution in [0.5, 0.6) is 0 Å². The smallest absolute Gasteiger partial charge is 0.248 e. The SMILES string of the molecule is CC(C)(C)c1ccc(C(=O)CCCN2CCC(c3cc[nH]c(=O)c3)CC2)cc1. The second-order valence-electron chi connectivity index (χ2n) is 8.96. The van der Waals surface area contributed by atoms with Crippen LogP contribution in [-0.2, 0) is 5.41 Å². The van der Waals surface area contributed by atoms with Crippen LogP contribution in [0.2, 0.25) is 0 Å². The minimum absolute atomic E-state index is 0.0195. The van der Waals surface area contributed by atoms with Crippen LogP contribution in [0.4, 0.5) is 0 Å². The van der Waals surface area contributed by atoms with Gasteiger partial charge in [0.2, 0.25) is 5.56 Å². The standard InChI is InChI=1S/C24H32N2O2/c1-24(2,3)21-8-6-19(7-9-21)22(27)5-4-14-26-15-11-18(12-16-26)20-10-13-25-23(28)17-20/h6-10,13,17-18H,4-5,11-12,14-16H2,1-3H3,(H,25,28). The van der Waals surface area contributed by atoms with Crippen LogP contribution in [0.15, 0.2) is 47.4 Å². The Morgan fingerprint density at radius 1 is 1.11 bits per heavy atom. The number of aromatic amines is 1. The van der Waals surface area contributed by atoms with Crippen molar-refractivity contribution in [3.05, 3.63) is 69.6 Å². The maximum absolute atomic E-state index is 12.5. The predicted octanol–water partition coefficient (Wildman–Crippen LogP) is 4.51. The van der Waals surface area contributed by atoms with E-state index in [0.29, 0.717) is 12.3 Å². The largest absolute Gasteiger partial charge is 0.329 e. The summed E-state index contributed by atoms with van der Waals surface area (Å²) in [4.78, 5) is 29.1. The molecule has 2 heterocycles. The maximum atomic E-state index is 12.5. The molecule has 0 aliphatic carbocycles. The van der Waals surface area contributed by atoms with E-state index in [-0.39, 0.29) is 16.8 Å². The third-order valence-corrected chi connectivity index (χ3v) is 5.81. The molecule has 1 aromatic carbocycles. The molecule has 2 aromatic rings. The number of Topliss-reactive ketones (excluding diaryl/α,β-unsaturated/α-hetero) is 1. The number of H-pyrrole nitrogens is 1. The van der Waals surface area contributed by atoms with Gasteiger partial charge in [-0.3, -0.25) is 9.59 Å². The number of nitrogens with one attached hydrogen (secondary N) is 1. The zero-order valence-corrected chi connectivity index (χ0v) is 17.3. The first kappa shape index (κ1) is 20.5. The van der Waals surface area contributed by atoms with Gasteiger partial charge in [-0.05, 0) is 67.4 Å². The first-order chi connectivity index (χ1) is 13.3. The van der Waals surface area contributed by atoms with E-state index < -0.39 is 0 Å². The summed E-state index contributed by atoms with van der Waals surface area (Å²) in [5, 5.41) is 0. The topological polar surface area (TPSA) is 53.2 Å². The fourth-order valence-corrected chi connectivity index (χ4v) is 3.97. The molecule has 0 radical (unpaired) electrons. The average Bonchev–Trinajstić information content (AvgIpc) is 2.68. The van der Waals surface area contributed by atoms with Gasteiger partial charge in [0.05, 0.1) is 0 Å². The van der Waals surface area contributed by atoms with Crippen LogP contribution in [-0.4, -0.2) is 35.3 Å². The van der Waals surface area contributed by atoms with Gasteiger partial charge in [0.15, 0.2) is 5.78 Å². The number of carbonyl (C=O) groups is 1. The summed E-state index contributed by atoms with van der Waals surface area (Å²) in [6.07, 6.45) is 5.39. The highest BCUT2D eigenvalue weighted by Crippen LogP contribution is 2.27. The van der Waals surface area contributed by atoms with Gasteiger partial charge in [-0.15, -0.1) is 0 Å². The zero-order chi connectivity index (χ0) is 20.1. The maximum Gasteiger partial charge on any atom is 0.248 e. The van der Waals surface area contributed by atoms with E-state index in [1.807, 2.05) is 18.2 Å². The summed E-state index contributed by atoms with van der Waals surface area (Å²) in [5.41, 5.74) is 3.32. The number of carbonyl (C=O) groups excluding carboxylic acids is 1. The number of rotatable bonds is 6. The number of benzene rings is 1. The Bertz CT molecular complexity index is 838. The highest BCUT2D eigenvalue weighted by Gasteiger charge is 2.21. The van der Waals surface area contributed by atoms with Crippen molar-refractivity contribution in [3.63, 3.8) is 0 Å². The third kappa shape index (κ3) is 5.41. The Labute approximate surface area is 168 Å². The molecular formula is C24H32N2O2. The van der Waals surface area contributed by atoms with Crippen molar-refractivity contribution >= 4 is 5.78 Å². The van der Waals surface area contributed by atoms with Gasteiger partial charge in [-0.2, -0.15) is 0 Å². The fourth-order valence-electron chi connectivity index (χ4n) is 3.97. The Kier molecular flexibility index (Phi) is 6.50. The van der Waals surface area contributed by atoms with Crippen LogP contribution >= 0.6 is 0 Å². The van der Waals surface area contributed by atoms with Crippen molar-refractivity contribution in [1.29, 1.82) is 0 Å². The zero-order valence-electron chi connectivity index (χ0n) is 17.3. The Hall–Kier alpha value is -2.20. The quantitative estimate of drug-likeness (QED) is 0.750. The second-order valence-corrected chi connectivity index (χ2v) is 8.96. The van der Waals surface area contributed by atoms with Gasteiger partial charge in [0.1, 0.15) is 0 Å². The Balaban J connectivity index is 1.42. The van der Waals surface area contributed by atoms with E-state index in [2.05, 4.69) is 42.8 Å². The lowest BCUT2D eigenvalue weighted by Crippen LogP contribution is -2.34. The van der Waals surface area contributed by atoms with Crippen LogP contribution < -0.4 is 5.56 Å². The van der Waals surface area contributed by atoms with E-state index in [0.717, 1.165) is 50.0 Å². The van der Waals surface area contributed by atoms with E-state index >= 15 is 0 Å². The van der Waals surface area contributed by atoms with E-state index in [4.69, 9.17) is 0 Å². The lowest BCUT2D eigenvalue weighted by molar-refractivity contribution is 0.0972. The van der Waals surface area contributed by atoms with Crippen molar-refractivity contribution in [1.82, 2.24) is 9.88 Å². The summed E-state index contributed by atoms with van der Waals surface area (Å²) in [6.45, 7) is 9.58. The Morgan fingerprint density at radius 2 is 1.79 bits per heavy atom. The molecule has 0 amide bonds. The summed E-state index contributed by atoms with van der Waals surface area (Å²) >= 11 is 0. The molecule has 1 aliphatic heterocycles. The van der Waals surface area contributed by atoms with Gasteiger partial charge in [-0.1, -0.05) is 45.0 Å². The summed E-state index contributed by atoms with van der Waals surface area (Å²) in [7, 11) is 0. The number of ketones is 1. The van der Waals surface area contributed by atoms with Crippen LogP contribution in [0.25, 0.3) is 0 Å². The highest BCUT2D eigenvalue weighted by molar-refractivity contribution is 5.96. The molecule has 1 saturated heterocycles. The molecule has 150 valence electrons. The molecule has 1 aliphatic rings. The molecule has 3 rings (SSSR count). The lowest BCUT2D eigenvalue weighted by Gasteiger charge is -2.32. The summed E-state index contributed by atoms with van der Waals surface area (Å²) < 4.78 is 0. The molecule has 28 heavy (non-hydrogen) atoms. The van der Waals surface area contributed by atoms with Gasteiger partial charge >= 0.3 is 0 Å². The minimum Gasteiger partial charge on any atom is -0.329 e. The predicted molar refractivity (Wildman–Crippen MR) is 114 cm³/mol. The molecule has 1 aromatic heterocycles. The van der Waals surface area contributed by atoms with Gasteiger partial charge in [0, 0.05) is 24.2 Å². The summed E-state index contributed by atoms with van der Waals surface area (Å²) in [5.74, 6) is 0.709.